The van der Waals surface area contributed by atoms with Crippen molar-refractivity contribution in [3.8, 4) is 0 Å². The molecular weight excluding hydrogens is 258 g/mol. The number of allylic oxidation sites excluding steroid dienone is 2. The number of benzene rings is 1. The van der Waals surface area contributed by atoms with Crippen LogP contribution in [0.1, 0.15) is 32.3 Å². The summed E-state index contributed by atoms with van der Waals surface area (Å²) in [5.74, 6) is 0. The van der Waals surface area contributed by atoms with Crippen molar-refractivity contribution in [1.29, 1.82) is 0 Å². The Hall–Kier alpha value is -1.42. The van der Waals surface area contributed by atoms with Gasteiger partial charge in [0.15, 0.2) is 0 Å². The van der Waals surface area contributed by atoms with Gasteiger partial charge in [-0.15, -0.1) is 0 Å². The summed E-state index contributed by atoms with van der Waals surface area (Å²) in [7, 11) is -3.59. The third-order valence-corrected chi connectivity index (χ3v) is 4.54. The van der Waals surface area contributed by atoms with E-state index < -0.39 is 10.0 Å². The molecule has 0 unspecified atom stereocenters. The van der Waals surface area contributed by atoms with Crippen LogP contribution in [0.25, 0.3) is 0 Å². The monoisotopic (exact) mass is 277 g/mol. The van der Waals surface area contributed by atoms with Gasteiger partial charge in [-0.25, -0.2) is 0 Å². The maximum absolute atomic E-state index is 12.2. The maximum atomic E-state index is 12.2. The minimum absolute atomic E-state index is 0.0797. The molecular formula is C15H19NO2S. The van der Waals surface area contributed by atoms with Crippen molar-refractivity contribution in [2.75, 3.05) is 0 Å². The Morgan fingerprint density at radius 2 is 1.79 bits per heavy atom. The molecule has 2 rings (SSSR count). The molecule has 0 heterocycles. The van der Waals surface area contributed by atoms with E-state index in [1.807, 2.05) is 19.1 Å². The quantitative estimate of drug-likeness (QED) is 0.830. The van der Waals surface area contributed by atoms with Crippen LogP contribution in [0.4, 0.5) is 0 Å². The first-order valence-corrected chi connectivity index (χ1v) is 7.80. The van der Waals surface area contributed by atoms with Gasteiger partial charge in [-0.05, 0) is 43.4 Å². The lowest BCUT2D eigenvalue weighted by Gasteiger charge is -2.26. The lowest BCUT2D eigenvalue weighted by molar-refractivity contribution is 0.384. The molecule has 0 N–H and O–H groups in total. The van der Waals surface area contributed by atoms with Gasteiger partial charge >= 0.3 is 0 Å². The van der Waals surface area contributed by atoms with Gasteiger partial charge in [-0.2, -0.15) is 12.8 Å². The molecule has 0 aliphatic heterocycles. The van der Waals surface area contributed by atoms with Gasteiger partial charge in [0.1, 0.15) is 0 Å². The first-order chi connectivity index (χ1) is 8.78. The van der Waals surface area contributed by atoms with Gasteiger partial charge in [-0.3, -0.25) is 0 Å². The Morgan fingerprint density at radius 3 is 2.37 bits per heavy atom. The average Bonchev–Trinajstić information content (AvgIpc) is 2.27. The van der Waals surface area contributed by atoms with Gasteiger partial charge in [-0.1, -0.05) is 37.6 Å². The second kappa shape index (κ2) is 4.93. The molecule has 0 spiro atoms. The molecule has 1 aromatic carbocycles. The molecule has 0 saturated carbocycles. The molecule has 0 amide bonds. The number of hydrogen-bond acceptors (Lipinski definition) is 2. The summed E-state index contributed by atoms with van der Waals surface area (Å²) in [6.45, 7) is 6.16. The fourth-order valence-corrected chi connectivity index (χ4v) is 3.13. The second-order valence-corrected chi connectivity index (χ2v) is 7.42. The van der Waals surface area contributed by atoms with E-state index >= 15 is 0 Å². The number of hydrogen-bond donors (Lipinski definition) is 0. The zero-order valence-corrected chi connectivity index (χ0v) is 12.4. The molecule has 0 aromatic heterocycles. The molecule has 3 nitrogen and oxygen atoms in total. The van der Waals surface area contributed by atoms with Crippen LogP contribution in [0, 0.1) is 12.3 Å². The van der Waals surface area contributed by atoms with Gasteiger partial charge < -0.3 is 0 Å². The Kier molecular flexibility index (Phi) is 3.63. The molecule has 19 heavy (non-hydrogen) atoms. The lowest BCUT2D eigenvalue weighted by atomic mass is 9.80. The van der Waals surface area contributed by atoms with E-state index in [4.69, 9.17) is 0 Å². The van der Waals surface area contributed by atoms with Crippen LogP contribution in [0.5, 0.6) is 0 Å². The summed E-state index contributed by atoms with van der Waals surface area (Å²) in [6, 6.07) is 6.78. The third-order valence-electron chi connectivity index (χ3n) is 3.20. The van der Waals surface area contributed by atoms with Crippen LogP contribution >= 0.6 is 0 Å². The van der Waals surface area contributed by atoms with Gasteiger partial charge in [0, 0.05) is 0 Å². The molecule has 1 aliphatic rings. The standard InChI is InChI=1S/C15H19NO2S/c1-12-6-8-14(9-7-12)19(17,18)16-13-5-4-10-15(2,3)11-13/h4-9H,10-11H2,1-3H3/b16-13-. The highest BCUT2D eigenvalue weighted by molar-refractivity contribution is 7.90. The van der Waals surface area contributed by atoms with E-state index in [2.05, 4.69) is 18.2 Å². The molecule has 0 bridgehead atoms. The van der Waals surface area contributed by atoms with E-state index in [9.17, 15) is 8.42 Å². The summed E-state index contributed by atoms with van der Waals surface area (Å²) in [5, 5.41) is 0. The topological polar surface area (TPSA) is 46.5 Å². The van der Waals surface area contributed by atoms with Crippen LogP contribution in [0.15, 0.2) is 45.7 Å². The van der Waals surface area contributed by atoms with Crippen LogP contribution in [-0.2, 0) is 10.0 Å². The zero-order chi connectivity index (χ0) is 14.1. The van der Waals surface area contributed by atoms with E-state index in [1.54, 1.807) is 24.3 Å². The normalized spacial score (nSPS) is 20.7. The van der Waals surface area contributed by atoms with Crippen molar-refractivity contribution in [1.82, 2.24) is 0 Å². The van der Waals surface area contributed by atoms with Crippen molar-refractivity contribution in [3.05, 3.63) is 42.0 Å². The number of rotatable bonds is 2. The summed E-state index contributed by atoms with van der Waals surface area (Å²) in [6.07, 6.45) is 5.45. The predicted octanol–water partition coefficient (Wildman–Crippen LogP) is 3.50. The minimum atomic E-state index is -3.59. The largest absolute Gasteiger partial charge is 0.282 e. The summed E-state index contributed by atoms with van der Waals surface area (Å²) >= 11 is 0. The van der Waals surface area contributed by atoms with E-state index in [1.165, 1.54) is 0 Å². The third kappa shape index (κ3) is 3.53. The van der Waals surface area contributed by atoms with Gasteiger partial charge in [0.2, 0.25) is 0 Å². The van der Waals surface area contributed by atoms with Crippen LogP contribution in [0.3, 0.4) is 0 Å². The fourth-order valence-electron chi connectivity index (χ4n) is 2.12. The molecule has 0 fully saturated rings. The van der Waals surface area contributed by atoms with Crippen molar-refractivity contribution in [2.45, 2.75) is 38.5 Å². The Morgan fingerprint density at radius 1 is 1.16 bits per heavy atom. The van der Waals surface area contributed by atoms with Crippen LogP contribution < -0.4 is 0 Å². The van der Waals surface area contributed by atoms with Crippen molar-refractivity contribution >= 4 is 15.7 Å². The lowest BCUT2D eigenvalue weighted by Crippen LogP contribution is -2.19. The van der Waals surface area contributed by atoms with Gasteiger partial charge in [0.05, 0.1) is 10.6 Å². The maximum Gasteiger partial charge on any atom is 0.282 e. The molecule has 1 aromatic rings. The van der Waals surface area contributed by atoms with Crippen molar-refractivity contribution in [2.24, 2.45) is 9.81 Å². The molecule has 0 saturated heterocycles. The second-order valence-electron chi connectivity index (χ2n) is 5.82. The summed E-state index contributed by atoms with van der Waals surface area (Å²) < 4.78 is 28.4. The first kappa shape index (κ1) is 14.0. The molecule has 102 valence electrons. The van der Waals surface area contributed by atoms with E-state index in [0.29, 0.717) is 12.1 Å². The van der Waals surface area contributed by atoms with E-state index in [-0.39, 0.29) is 10.3 Å². The zero-order valence-electron chi connectivity index (χ0n) is 11.6. The summed E-state index contributed by atoms with van der Waals surface area (Å²) in [5.41, 5.74) is 1.75. The predicted molar refractivity (Wildman–Crippen MR) is 78.0 cm³/mol. The Labute approximate surface area is 115 Å². The van der Waals surface area contributed by atoms with Crippen molar-refractivity contribution < 1.29 is 8.42 Å². The van der Waals surface area contributed by atoms with E-state index in [0.717, 1.165) is 12.0 Å². The average molecular weight is 277 g/mol. The molecule has 0 radical (unpaired) electrons. The summed E-state index contributed by atoms with van der Waals surface area (Å²) in [4.78, 5) is 0.252. The fraction of sp³-hybridized carbons (Fsp3) is 0.400. The SMILES string of the molecule is Cc1ccc(S(=O)(=O)/N=C2/C=CCC(C)(C)C2)cc1. The highest BCUT2D eigenvalue weighted by Crippen LogP contribution is 2.30. The molecule has 1 aliphatic carbocycles. The highest BCUT2D eigenvalue weighted by atomic mass is 32.2. The smallest absolute Gasteiger partial charge is 0.199 e. The van der Waals surface area contributed by atoms with Crippen LogP contribution in [0.2, 0.25) is 0 Å². The Balaban J connectivity index is 2.34. The minimum Gasteiger partial charge on any atom is -0.199 e. The van der Waals surface area contributed by atoms with Crippen molar-refractivity contribution in [3.63, 3.8) is 0 Å². The van der Waals surface area contributed by atoms with Gasteiger partial charge in [0.25, 0.3) is 10.0 Å². The highest BCUT2D eigenvalue weighted by Gasteiger charge is 2.23. The Bertz CT molecular complexity index is 623. The molecule has 0 atom stereocenters. The van der Waals surface area contributed by atoms with Crippen LogP contribution in [-0.4, -0.2) is 14.1 Å². The molecule has 4 heteroatoms. The number of aryl methyl sites for hydroxylation is 1. The number of nitrogens with zero attached hydrogens (tertiary/aromatic N) is 1. The number of sulfonamides is 1. The first-order valence-electron chi connectivity index (χ1n) is 6.36.